The second kappa shape index (κ2) is 7.80. The van der Waals surface area contributed by atoms with Gasteiger partial charge in [0.05, 0.1) is 0 Å². The van der Waals surface area contributed by atoms with Crippen LogP contribution in [0.25, 0.3) is 0 Å². The first-order chi connectivity index (χ1) is 15.0. The number of rotatable bonds is 6. The molecule has 2 aliphatic rings. The number of hydrogen-bond donors (Lipinski definition) is 2. The van der Waals surface area contributed by atoms with Gasteiger partial charge in [-0.2, -0.15) is 17.2 Å². The third kappa shape index (κ3) is 3.81. The Hall–Kier alpha value is -3.08. The van der Waals surface area contributed by atoms with E-state index in [1.807, 2.05) is 0 Å². The molecule has 0 radical (unpaired) electrons. The Morgan fingerprint density at radius 1 is 1.12 bits per heavy atom. The normalized spacial score (nSPS) is 15.4. The van der Waals surface area contributed by atoms with Gasteiger partial charge in [-0.05, 0) is 54.5 Å². The van der Waals surface area contributed by atoms with Gasteiger partial charge in [0, 0.05) is 42.0 Å². The molecule has 170 valence electrons. The standard InChI is InChI=1S/C21H21F2N3O5S/c1-2-21(22,23)19(28)12-8-9-26(11-12)32(30,31)25-20(29)24-17-10-16-14(6-7-18(16)27)13-4-3-5-15(13)17/h8-11H,2-7H2,1H3,(H2,24,25,29). The van der Waals surface area contributed by atoms with Gasteiger partial charge in [-0.25, -0.2) is 13.5 Å². The van der Waals surface area contributed by atoms with E-state index in [2.05, 4.69) is 5.32 Å². The number of carbonyl (C=O) groups is 3. The quantitative estimate of drug-likeness (QED) is 0.636. The van der Waals surface area contributed by atoms with E-state index in [9.17, 15) is 31.6 Å². The molecule has 0 aliphatic heterocycles. The van der Waals surface area contributed by atoms with Gasteiger partial charge in [0.1, 0.15) is 0 Å². The maximum Gasteiger partial charge on any atom is 0.334 e. The molecule has 0 unspecified atom stereocenters. The van der Waals surface area contributed by atoms with Gasteiger partial charge in [-0.3, -0.25) is 9.59 Å². The summed E-state index contributed by atoms with van der Waals surface area (Å²) in [6.07, 6.45) is 4.36. The number of amides is 2. The molecule has 4 rings (SSSR count). The van der Waals surface area contributed by atoms with Crippen LogP contribution in [0.3, 0.4) is 0 Å². The molecule has 0 saturated carbocycles. The van der Waals surface area contributed by atoms with Crippen LogP contribution in [0, 0.1) is 0 Å². The van der Waals surface area contributed by atoms with Gasteiger partial charge in [0.2, 0.25) is 5.78 Å². The zero-order chi connectivity index (χ0) is 23.3. The molecule has 2 N–H and O–H groups in total. The topological polar surface area (TPSA) is 114 Å². The average Bonchev–Trinajstić information content (AvgIpc) is 3.47. The lowest BCUT2D eigenvalue weighted by molar-refractivity contribution is 0.00806. The Morgan fingerprint density at radius 2 is 1.84 bits per heavy atom. The lowest BCUT2D eigenvalue weighted by atomic mass is 9.97. The van der Waals surface area contributed by atoms with Gasteiger partial charge in [0.25, 0.3) is 0 Å². The number of ketones is 2. The first-order valence-electron chi connectivity index (χ1n) is 10.2. The van der Waals surface area contributed by atoms with Crippen LogP contribution in [0.2, 0.25) is 0 Å². The molecule has 0 fully saturated rings. The van der Waals surface area contributed by atoms with E-state index in [1.165, 1.54) is 0 Å². The highest BCUT2D eigenvalue weighted by molar-refractivity contribution is 7.88. The molecule has 0 atom stereocenters. The van der Waals surface area contributed by atoms with Crippen LogP contribution in [0.5, 0.6) is 0 Å². The molecule has 0 saturated heterocycles. The molecule has 1 aromatic heterocycles. The number of benzene rings is 1. The van der Waals surface area contributed by atoms with Crippen LogP contribution in [-0.2, 0) is 29.5 Å². The van der Waals surface area contributed by atoms with Crippen molar-refractivity contribution in [1.82, 2.24) is 8.69 Å². The zero-order valence-corrected chi connectivity index (χ0v) is 18.0. The number of fused-ring (bicyclic) bond motifs is 3. The predicted molar refractivity (Wildman–Crippen MR) is 112 cm³/mol. The van der Waals surface area contributed by atoms with Crippen molar-refractivity contribution in [1.29, 1.82) is 0 Å². The average molecular weight is 465 g/mol. The highest BCUT2D eigenvalue weighted by Gasteiger charge is 2.38. The molecule has 0 spiro atoms. The lowest BCUT2D eigenvalue weighted by Crippen LogP contribution is -2.38. The van der Waals surface area contributed by atoms with Crippen molar-refractivity contribution in [2.24, 2.45) is 0 Å². The van der Waals surface area contributed by atoms with Gasteiger partial charge < -0.3 is 5.32 Å². The summed E-state index contributed by atoms with van der Waals surface area (Å²) in [4.78, 5) is 36.4. The maximum absolute atomic E-state index is 13.6. The molecule has 0 bridgehead atoms. The summed E-state index contributed by atoms with van der Waals surface area (Å²) in [6, 6.07) is 1.47. The molecule has 2 amide bonds. The molecule has 8 nitrogen and oxygen atoms in total. The Labute approximate surface area is 183 Å². The molecule has 2 aromatic rings. The number of hydrogen-bond acceptors (Lipinski definition) is 5. The number of nitrogens with zero attached hydrogens (tertiary/aromatic N) is 1. The Morgan fingerprint density at radius 3 is 2.56 bits per heavy atom. The molecule has 1 aromatic carbocycles. The Bertz CT molecular complexity index is 1250. The number of urea groups is 1. The molecule has 1 heterocycles. The van der Waals surface area contributed by atoms with Crippen molar-refractivity contribution in [3.05, 3.63) is 52.3 Å². The number of nitrogens with one attached hydrogen (secondary N) is 2. The van der Waals surface area contributed by atoms with Gasteiger partial charge in [-0.1, -0.05) is 6.92 Å². The first kappa shape index (κ1) is 22.1. The molecular formula is C21H21F2N3O5S. The number of anilines is 1. The summed E-state index contributed by atoms with van der Waals surface area (Å²) in [5.41, 5.74) is 3.38. The van der Waals surface area contributed by atoms with Crippen molar-refractivity contribution in [2.45, 2.75) is 51.4 Å². The minimum absolute atomic E-state index is 0.0146. The van der Waals surface area contributed by atoms with Crippen molar-refractivity contribution in [2.75, 3.05) is 5.32 Å². The van der Waals surface area contributed by atoms with E-state index in [-0.39, 0.29) is 5.78 Å². The summed E-state index contributed by atoms with van der Waals surface area (Å²) in [6.45, 7) is 1.14. The number of aromatic nitrogens is 1. The predicted octanol–water partition coefficient (Wildman–Crippen LogP) is 3.25. The second-order valence-electron chi connectivity index (χ2n) is 7.86. The third-order valence-electron chi connectivity index (χ3n) is 5.88. The fourth-order valence-corrected chi connectivity index (χ4v) is 5.09. The fraction of sp³-hybridized carbons (Fsp3) is 0.381. The van der Waals surface area contributed by atoms with E-state index in [4.69, 9.17) is 0 Å². The summed E-state index contributed by atoms with van der Waals surface area (Å²) < 4.78 is 54.5. The van der Waals surface area contributed by atoms with Gasteiger partial charge in [0.15, 0.2) is 5.78 Å². The van der Waals surface area contributed by atoms with Gasteiger partial charge >= 0.3 is 22.2 Å². The smallest absolute Gasteiger partial charge is 0.307 e. The monoisotopic (exact) mass is 465 g/mol. The van der Waals surface area contributed by atoms with Crippen LogP contribution < -0.4 is 10.0 Å². The third-order valence-corrected chi connectivity index (χ3v) is 7.10. The van der Waals surface area contributed by atoms with E-state index in [0.717, 1.165) is 54.9 Å². The van der Waals surface area contributed by atoms with E-state index in [0.29, 0.717) is 34.5 Å². The van der Waals surface area contributed by atoms with E-state index >= 15 is 0 Å². The minimum atomic E-state index is -4.49. The van der Waals surface area contributed by atoms with Crippen molar-refractivity contribution in [3.8, 4) is 0 Å². The number of Topliss-reactive ketones (excluding diaryl/α,β-unsaturated/α-hetero) is 2. The second-order valence-corrected chi connectivity index (χ2v) is 9.44. The highest BCUT2D eigenvalue weighted by Crippen LogP contribution is 2.38. The Balaban J connectivity index is 1.53. The zero-order valence-electron chi connectivity index (χ0n) is 17.2. The molecular weight excluding hydrogens is 444 g/mol. The van der Waals surface area contributed by atoms with Crippen molar-refractivity contribution < 1.29 is 31.6 Å². The summed E-state index contributed by atoms with van der Waals surface area (Å²) in [7, 11) is -4.49. The molecule has 32 heavy (non-hydrogen) atoms. The van der Waals surface area contributed by atoms with Crippen molar-refractivity contribution in [3.63, 3.8) is 0 Å². The van der Waals surface area contributed by atoms with Gasteiger partial charge in [-0.15, -0.1) is 0 Å². The summed E-state index contributed by atoms with van der Waals surface area (Å²) in [5, 5.41) is 2.50. The minimum Gasteiger partial charge on any atom is -0.307 e. The first-order valence-corrected chi connectivity index (χ1v) is 11.6. The highest BCUT2D eigenvalue weighted by atomic mass is 32.2. The molecule has 2 aliphatic carbocycles. The fourth-order valence-electron chi connectivity index (χ4n) is 4.22. The van der Waals surface area contributed by atoms with Crippen LogP contribution in [0.1, 0.15) is 63.6 Å². The van der Waals surface area contributed by atoms with Crippen LogP contribution in [-0.4, -0.2) is 35.9 Å². The maximum atomic E-state index is 13.6. The number of halogens is 2. The van der Waals surface area contributed by atoms with Crippen LogP contribution in [0.15, 0.2) is 24.5 Å². The van der Waals surface area contributed by atoms with Crippen LogP contribution in [0.4, 0.5) is 19.3 Å². The molecule has 11 heteroatoms. The largest absolute Gasteiger partial charge is 0.334 e. The SMILES string of the molecule is CCC(F)(F)C(=O)c1ccn(S(=O)(=O)NC(=O)Nc2cc3c(c4c2CCC4)CCC3=O)c1. The number of alkyl halides is 2. The van der Waals surface area contributed by atoms with E-state index in [1.54, 1.807) is 10.8 Å². The number of carbonyl (C=O) groups excluding carboxylic acids is 3. The summed E-state index contributed by atoms with van der Waals surface area (Å²) >= 11 is 0. The van der Waals surface area contributed by atoms with E-state index < -0.39 is 39.9 Å². The van der Waals surface area contributed by atoms with Crippen LogP contribution >= 0.6 is 0 Å². The van der Waals surface area contributed by atoms with Crippen molar-refractivity contribution >= 4 is 33.5 Å². The lowest BCUT2D eigenvalue weighted by Gasteiger charge is -2.15. The Kier molecular flexibility index (Phi) is 5.40. The summed E-state index contributed by atoms with van der Waals surface area (Å²) in [5.74, 6) is -5.14.